The molecule has 0 spiro atoms. The summed E-state index contributed by atoms with van der Waals surface area (Å²) in [6, 6.07) is 0. The van der Waals surface area contributed by atoms with Crippen molar-refractivity contribution in [2.45, 2.75) is 58.6 Å². The third-order valence-electron chi connectivity index (χ3n) is 4.38. The molecule has 1 fully saturated rings. The number of aromatic nitrogens is 2. The van der Waals surface area contributed by atoms with Gasteiger partial charge in [-0.15, -0.1) is 0 Å². The van der Waals surface area contributed by atoms with Crippen LogP contribution in [0, 0.1) is 19.8 Å². The predicted molar refractivity (Wildman–Crippen MR) is 80.6 cm³/mol. The molecule has 0 bridgehead atoms. The van der Waals surface area contributed by atoms with E-state index in [1.54, 1.807) is 7.11 Å². The van der Waals surface area contributed by atoms with Crippen molar-refractivity contribution in [1.82, 2.24) is 15.3 Å². The normalized spacial score (nSPS) is 18.2. The van der Waals surface area contributed by atoms with Crippen LogP contribution in [-0.4, -0.2) is 24.1 Å². The number of rotatable bonds is 5. The molecule has 0 radical (unpaired) electrons. The molecule has 1 atom stereocenters. The van der Waals surface area contributed by atoms with E-state index in [0.717, 1.165) is 23.8 Å². The van der Waals surface area contributed by atoms with Crippen LogP contribution in [0.1, 0.15) is 61.0 Å². The Morgan fingerprint density at radius 3 is 2.25 bits per heavy atom. The van der Waals surface area contributed by atoms with Gasteiger partial charge in [-0.25, -0.2) is 9.97 Å². The Hall–Kier alpha value is -1.00. The summed E-state index contributed by atoms with van der Waals surface area (Å²) in [5.74, 6) is 1.44. The molecule has 1 saturated carbocycles. The molecule has 4 nitrogen and oxygen atoms in total. The van der Waals surface area contributed by atoms with Crippen LogP contribution in [-0.2, 0) is 11.3 Å². The number of nitrogens with zero attached hydrogens (tertiary/aromatic N) is 2. The van der Waals surface area contributed by atoms with Crippen LogP contribution in [0.15, 0.2) is 0 Å². The second-order valence-corrected chi connectivity index (χ2v) is 5.82. The quantitative estimate of drug-likeness (QED) is 0.898. The van der Waals surface area contributed by atoms with Crippen molar-refractivity contribution in [2.75, 3.05) is 14.2 Å². The minimum Gasteiger partial charge on any atom is -0.373 e. The van der Waals surface area contributed by atoms with Gasteiger partial charge in [-0.3, -0.25) is 0 Å². The van der Waals surface area contributed by atoms with Gasteiger partial charge in [-0.2, -0.15) is 0 Å². The third-order valence-corrected chi connectivity index (χ3v) is 4.38. The third kappa shape index (κ3) is 3.36. The van der Waals surface area contributed by atoms with E-state index < -0.39 is 0 Å². The molecule has 0 amide bonds. The van der Waals surface area contributed by atoms with Gasteiger partial charge in [0.15, 0.2) is 5.82 Å². The average molecular weight is 277 g/mol. The largest absolute Gasteiger partial charge is 0.373 e. The van der Waals surface area contributed by atoms with Crippen LogP contribution in [0.25, 0.3) is 0 Å². The summed E-state index contributed by atoms with van der Waals surface area (Å²) < 4.78 is 5.75. The molecule has 1 aliphatic rings. The van der Waals surface area contributed by atoms with Crippen LogP contribution < -0.4 is 5.32 Å². The van der Waals surface area contributed by atoms with Gasteiger partial charge in [0.1, 0.15) is 6.10 Å². The molecular weight excluding hydrogens is 250 g/mol. The lowest BCUT2D eigenvalue weighted by Crippen LogP contribution is -2.22. The number of nitrogens with one attached hydrogen (secondary N) is 1. The molecule has 0 aliphatic heterocycles. The van der Waals surface area contributed by atoms with Crippen LogP contribution in [0.3, 0.4) is 0 Å². The van der Waals surface area contributed by atoms with Gasteiger partial charge in [0.25, 0.3) is 0 Å². The maximum Gasteiger partial charge on any atom is 0.157 e. The second kappa shape index (κ2) is 7.14. The zero-order valence-corrected chi connectivity index (χ0v) is 13.2. The summed E-state index contributed by atoms with van der Waals surface area (Å²) in [5, 5.41) is 3.18. The van der Waals surface area contributed by atoms with Gasteiger partial charge in [0.05, 0.1) is 0 Å². The highest BCUT2D eigenvalue weighted by atomic mass is 16.5. The Bertz CT molecular complexity index is 418. The smallest absolute Gasteiger partial charge is 0.157 e. The van der Waals surface area contributed by atoms with Gasteiger partial charge in [-0.05, 0) is 39.7 Å². The van der Waals surface area contributed by atoms with E-state index in [9.17, 15) is 0 Å². The van der Waals surface area contributed by atoms with Crippen molar-refractivity contribution in [1.29, 1.82) is 0 Å². The maximum atomic E-state index is 5.75. The first kappa shape index (κ1) is 15.4. The summed E-state index contributed by atoms with van der Waals surface area (Å²) >= 11 is 0. The van der Waals surface area contributed by atoms with E-state index in [-0.39, 0.29) is 6.10 Å². The van der Waals surface area contributed by atoms with Crippen molar-refractivity contribution in [2.24, 2.45) is 5.92 Å². The molecular formula is C16H27N3O. The molecule has 0 saturated heterocycles. The van der Waals surface area contributed by atoms with E-state index in [0.29, 0.717) is 5.92 Å². The first-order chi connectivity index (χ1) is 9.67. The Kier molecular flexibility index (Phi) is 5.49. The van der Waals surface area contributed by atoms with Crippen molar-refractivity contribution in [3.63, 3.8) is 0 Å². The van der Waals surface area contributed by atoms with Crippen molar-refractivity contribution in [3.05, 3.63) is 22.8 Å². The van der Waals surface area contributed by atoms with Crippen LogP contribution in [0.4, 0.5) is 0 Å². The Morgan fingerprint density at radius 1 is 1.15 bits per heavy atom. The topological polar surface area (TPSA) is 47.0 Å². The second-order valence-electron chi connectivity index (χ2n) is 5.82. The highest BCUT2D eigenvalue weighted by molar-refractivity contribution is 5.24. The van der Waals surface area contributed by atoms with Gasteiger partial charge < -0.3 is 10.1 Å². The summed E-state index contributed by atoms with van der Waals surface area (Å²) in [6.07, 6.45) is 6.49. The van der Waals surface area contributed by atoms with E-state index >= 15 is 0 Å². The summed E-state index contributed by atoms with van der Waals surface area (Å²) in [6.45, 7) is 4.95. The number of hydrogen-bond acceptors (Lipinski definition) is 4. The molecule has 1 unspecified atom stereocenters. The molecule has 20 heavy (non-hydrogen) atoms. The van der Waals surface area contributed by atoms with Crippen molar-refractivity contribution in [3.8, 4) is 0 Å². The van der Waals surface area contributed by atoms with Gasteiger partial charge in [0.2, 0.25) is 0 Å². The van der Waals surface area contributed by atoms with Crippen LogP contribution in [0.5, 0.6) is 0 Å². The lowest BCUT2D eigenvalue weighted by molar-refractivity contribution is 0.0286. The molecule has 2 rings (SSSR count). The SMILES string of the molecule is CNCc1c(C)nc(C(OC)C2CCCCC2)nc1C. The molecule has 1 heterocycles. The molecule has 0 aromatic carbocycles. The van der Waals surface area contributed by atoms with E-state index in [4.69, 9.17) is 14.7 Å². The lowest BCUT2D eigenvalue weighted by Gasteiger charge is -2.28. The fraction of sp³-hybridized carbons (Fsp3) is 0.750. The summed E-state index contributed by atoms with van der Waals surface area (Å²) in [7, 11) is 3.74. The number of hydrogen-bond donors (Lipinski definition) is 1. The zero-order valence-electron chi connectivity index (χ0n) is 13.2. The molecule has 1 N–H and O–H groups in total. The average Bonchev–Trinajstić information content (AvgIpc) is 2.45. The number of ether oxygens (including phenoxy) is 1. The minimum absolute atomic E-state index is 0.0522. The number of methoxy groups -OCH3 is 1. The molecule has 1 aliphatic carbocycles. The molecule has 1 aromatic heterocycles. The molecule has 4 heteroatoms. The van der Waals surface area contributed by atoms with Crippen molar-refractivity contribution >= 4 is 0 Å². The Morgan fingerprint density at radius 2 is 1.75 bits per heavy atom. The van der Waals surface area contributed by atoms with Crippen LogP contribution >= 0.6 is 0 Å². The van der Waals surface area contributed by atoms with Crippen molar-refractivity contribution < 1.29 is 4.74 Å². The van der Waals surface area contributed by atoms with Gasteiger partial charge in [0, 0.05) is 30.6 Å². The lowest BCUT2D eigenvalue weighted by atomic mass is 9.85. The summed E-state index contributed by atoms with van der Waals surface area (Å²) in [5.41, 5.74) is 3.34. The molecule has 1 aromatic rings. The predicted octanol–water partition coefficient (Wildman–Crippen LogP) is 3.08. The fourth-order valence-corrected chi connectivity index (χ4v) is 3.27. The monoisotopic (exact) mass is 277 g/mol. The Labute approximate surface area is 122 Å². The van der Waals surface area contributed by atoms with E-state index in [1.807, 2.05) is 7.05 Å². The van der Waals surface area contributed by atoms with Gasteiger partial charge >= 0.3 is 0 Å². The van der Waals surface area contributed by atoms with E-state index in [1.165, 1.54) is 37.7 Å². The van der Waals surface area contributed by atoms with E-state index in [2.05, 4.69) is 19.2 Å². The fourth-order valence-electron chi connectivity index (χ4n) is 3.27. The maximum absolute atomic E-state index is 5.75. The highest BCUT2D eigenvalue weighted by Gasteiger charge is 2.27. The first-order valence-corrected chi connectivity index (χ1v) is 7.68. The molecule has 112 valence electrons. The first-order valence-electron chi connectivity index (χ1n) is 7.68. The minimum atomic E-state index is 0.0522. The standard InChI is InChI=1S/C16H27N3O/c1-11-14(10-17-3)12(2)19-16(18-11)15(20-4)13-8-6-5-7-9-13/h13,15,17H,5-10H2,1-4H3. The number of aryl methyl sites for hydroxylation is 2. The Balaban J connectivity index is 2.25. The van der Waals surface area contributed by atoms with Gasteiger partial charge in [-0.1, -0.05) is 19.3 Å². The summed E-state index contributed by atoms with van der Waals surface area (Å²) in [4.78, 5) is 9.45. The zero-order chi connectivity index (χ0) is 14.5. The highest BCUT2D eigenvalue weighted by Crippen LogP contribution is 2.35. The van der Waals surface area contributed by atoms with Crippen LogP contribution in [0.2, 0.25) is 0 Å².